The number of unbranched alkanes of at least 4 members (excludes halogenated alkanes) is 7. The number of aliphatic hydroxyl groups is 12. The minimum atomic E-state index is -2.43. The molecule has 1 saturated carbocycles. The Hall–Kier alpha value is -9.07. The van der Waals surface area contributed by atoms with Crippen LogP contribution in [-0.2, 0) is 59.1 Å². The maximum atomic E-state index is 16.5. The molecule has 11 bridgehead atoms. The molecule has 0 spiro atoms. The third-order valence-electron chi connectivity index (χ3n) is 24.1. The fraction of sp³-hybridized carbons (Fsp3) is 0.575. The molecule has 28 N–H and O–H groups in total. The van der Waals surface area contributed by atoms with Crippen LogP contribution in [0.5, 0.6) is 46.0 Å². The summed E-state index contributed by atoms with van der Waals surface area (Å²) < 4.78 is 43.7. The van der Waals surface area contributed by atoms with Crippen LogP contribution in [0.4, 0.5) is 0 Å². The highest BCUT2D eigenvalue weighted by Crippen LogP contribution is 2.51. The molecular weight excluding hydrogens is 1750 g/mol. The number of fused-ring (bicyclic) bond motifs is 15. The number of carboxylic acid groups (broad SMARTS) is 1. The monoisotopic (exact) mass is 1870 g/mol. The number of halogens is 2. The number of phenolic OH excluding ortho intramolecular Hbond substituents is 3. The van der Waals surface area contributed by atoms with E-state index in [-0.39, 0.29) is 59.7 Å². The van der Waals surface area contributed by atoms with Gasteiger partial charge >= 0.3 is 5.97 Å². The molecule has 7 heterocycles. The Balaban J connectivity index is 1.06. The molecular formula is C87H119Cl2N11O30. The van der Waals surface area contributed by atoms with Gasteiger partial charge in [0.05, 0.1) is 48.0 Å². The number of carbonyl (C=O) groups is 7. The molecule has 3 fully saturated rings. The van der Waals surface area contributed by atoms with Gasteiger partial charge in [0.1, 0.15) is 120 Å². The van der Waals surface area contributed by atoms with Crippen LogP contribution in [0, 0.1) is 11.8 Å². The lowest BCUT2D eigenvalue weighted by molar-refractivity contribution is -0.315. The molecule has 5 aromatic carbocycles. The minimum Gasteiger partial charge on any atom is -0.507 e. The highest BCUT2D eigenvalue weighted by atomic mass is 35.5. The standard InChI is InChI=1S/C87H119Cl2N11O30/c1-6-7-8-9-10-11-12-13-20-92-21-22-94-87(33-39(4)77(87)115)34-60(106)129-76-73(113)71(111)58(37-102)128-86(76)130-75-55-29-43-30-56(75)126-54-19-16-42(28-48(54)89)68(108)66-83(121)98-64(84(122)123)45-31-52(104)46(35-93-23-24-124-85-74(114)72(112)70(110)57(36-101)127-85)69(109)61(45)44-26-40(14-17-51(44)103)62(80(118)100-66)97-81(119)63(43)96-79(117)50(32-59(90)105)95-82(120)65(99-78(116)49(91-5)25-38(2)3)67(107)41-15-18-53(125-55)47(88)27-41/h14-19,26-31,38-39,49-50,57-58,60,62-68,70-74,76-78,85-86,91-94,99,101-104,106-116H,6-13,20-25,32-37H2,1-5H3,(H2,90,105)(H,95,120)(H,96,117)(H,97,119)(H,98,121)(H,100,118)(H,122,123)/t39-,49-,50?,57?,58-,60+,62-,63-,64+,65-,66+,67-,68-,70+,71?,72+,73?,74?,76-,77+,78?,85-,86+,87?/m1/s1. The Morgan fingerprint density at radius 1 is 0.631 bits per heavy atom. The van der Waals surface area contributed by atoms with Gasteiger partial charge in [-0.25, -0.2) is 4.79 Å². The summed E-state index contributed by atoms with van der Waals surface area (Å²) in [5.74, 6) is -16.3. The second-order valence-corrected chi connectivity index (χ2v) is 34.9. The van der Waals surface area contributed by atoms with Crippen LogP contribution in [0.3, 0.4) is 0 Å². The predicted molar refractivity (Wildman–Crippen MR) is 461 cm³/mol. The first-order valence-electron chi connectivity index (χ1n) is 43.3. The first kappa shape index (κ1) is 101. The number of carbonyl (C=O) groups excluding carboxylic acids is 6. The SMILES string of the molecule is CCCCCCCCCCNCCNC1(C[C@@H](O)O[C@@H]2C(O)C(O)[C@@H](CO)O[C@H]2Oc2c3cc4cc2Oc2ccc(cc2Cl)[C@@H](O)[C@@H](NC(O)[C@@H](CC(C)C)NC)C(=O)NC(CC(N)=O)C(=O)N[C@H]4C(=O)N[C@H]2C(=O)N[C@H](C(=O)N[C@H](C(=O)O)c4cc(O)c(CNCCO[C@@H]5OC(CO)[C@H](O)[C@H](O)C5O)c(O)c4-c4cc2ccc4O)[C@H](O)c2ccc(c(Cl)c2)O3)C[C@@H](C)[C@@H]1O. The summed E-state index contributed by atoms with van der Waals surface area (Å²) in [5, 5.41) is 211. The summed E-state index contributed by atoms with van der Waals surface area (Å²) in [5.41, 5.74) is 0.840. The van der Waals surface area contributed by atoms with Crippen molar-refractivity contribution in [2.45, 2.75) is 251 Å². The van der Waals surface area contributed by atoms with Crippen LogP contribution in [0.1, 0.15) is 168 Å². The Bertz CT molecular complexity index is 4780. The number of primary amides is 1. The molecule has 41 nitrogen and oxygen atoms in total. The Morgan fingerprint density at radius 3 is 1.83 bits per heavy atom. The van der Waals surface area contributed by atoms with E-state index < -0.39 is 286 Å². The number of rotatable bonds is 36. The maximum Gasteiger partial charge on any atom is 0.330 e. The third-order valence-corrected chi connectivity index (χ3v) is 24.7. The van der Waals surface area contributed by atoms with Crippen molar-refractivity contribution in [1.29, 1.82) is 0 Å². The van der Waals surface area contributed by atoms with Gasteiger partial charge in [-0.15, -0.1) is 0 Å². The summed E-state index contributed by atoms with van der Waals surface area (Å²) in [6.07, 6.45) is -19.2. The van der Waals surface area contributed by atoms with Gasteiger partial charge in [0.25, 0.3) is 0 Å². The highest BCUT2D eigenvalue weighted by molar-refractivity contribution is 6.32. The number of phenols is 3. The number of hydrogen-bond donors (Lipinski definition) is 27. The van der Waals surface area contributed by atoms with E-state index in [2.05, 4.69) is 60.1 Å². The second-order valence-electron chi connectivity index (χ2n) is 34.0. The molecule has 7 unspecified atom stereocenters. The van der Waals surface area contributed by atoms with Crippen molar-refractivity contribution in [2.75, 3.05) is 53.0 Å². The first-order chi connectivity index (χ1) is 61.9. The van der Waals surface area contributed by atoms with Crippen LogP contribution in [0.25, 0.3) is 11.1 Å². The van der Waals surface area contributed by atoms with Gasteiger partial charge in [-0.2, -0.15) is 0 Å². The number of aliphatic hydroxyl groups excluding tert-OH is 12. The van der Waals surface area contributed by atoms with E-state index >= 15 is 24.0 Å². The molecule has 716 valence electrons. The number of hydrogen-bond acceptors (Lipinski definition) is 34. The van der Waals surface area contributed by atoms with Crippen molar-refractivity contribution in [1.82, 2.24) is 53.2 Å². The number of benzene rings is 5. The number of nitrogens with one attached hydrogen (secondary N) is 10. The predicted octanol–water partition coefficient (Wildman–Crippen LogP) is -0.241. The summed E-state index contributed by atoms with van der Waals surface area (Å²) in [6.45, 7) is 6.25. The van der Waals surface area contributed by atoms with Crippen molar-refractivity contribution in [2.24, 2.45) is 17.6 Å². The molecule has 6 amide bonds. The number of nitrogens with two attached hydrogens (primary N) is 1. The van der Waals surface area contributed by atoms with Gasteiger partial charge in [0, 0.05) is 60.9 Å². The topological polar surface area (TPSA) is 654 Å². The molecule has 2 saturated heterocycles. The van der Waals surface area contributed by atoms with Crippen molar-refractivity contribution < 1.29 is 148 Å². The van der Waals surface area contributed by atoms with Crippen LogP contribution < -0.4 is 73.1 Å². The second kappa shape index (κ2) is 45.6. The van der Waals surface area contributed by atoms with Gasteiger partial charge in [-0.05, 0) is 122 Å². The molecule has 43 heteroatoms. The van der Waals surface area contributed by atoms with Crippen molar-refractivity contribution >= 4 is 64.6 Å². The van der Waals surface area contributed by atoms with Crippen LogP contribution in [0.2, 0.25) is 10.0 Å². The molecule has 0 radical (unpaired) electrons. The lowest BCUT2D eigenvalue weighted by Crippen LogP contribution is -2.68. The van der Waals surface area contributed by atoms with Crippen molar-refractivity contribution in [3.05, 3.63) is 116 Å². The van der Waals surface area contributed by atoms with E-state index in [9.17, 15) is 91.3 Å². The average molecular weight is 1870 g/mol. The molecule has 0 aromatic heterocycles. The summed E-state index contributed by atoms with van der Waals surface area (Å²) in [4.78, 5) is 106. The summed E-state index contributed by atoms with van der Waals surface area (Å²) in [6, 6.07) is -1.95. The van der Waals surface area contributed by atoms with Crippen LogP contribution in [-0.4, -0.2) is 286 Å². The first-order valence-corrected chi connectivity index (χ1v) is 44.1. The molecule has 7 aliphatic heterocycles. The summed E-state index contributed by atoms with van der Waals surface area (Å²) >= 11 is 14.4. The van der Waals surface area contributed by atoms with Crippen molar-refractivity contribution in [3.8, 4) is 57.1 Å². The number of aliphatic carboxylic acids is 1. The average Bonchev–Trinajstić information content (AvgIpc) is 0.752. The zero-order chi connectivity index (χ0) is 94.4. The van der Waals surface area contributed by atoms with E-state index in [4.69, 9.17) is 62.1 Å². The maximum absolute atomic E-state index is 16.5. The number of aromatic hydroxyl groups is 3. The van der Waals surface area contributed by atoms with Gasteiger partial charge in [-0.1, -0.05) is 114 Å². The fourth-order valence-corrected chi connectivity index (χ4v) is 17.5. The quantitative estimate of drug-likeness (QED) is 0.0182. The number of ether oxygens (including phenoxy) is 7. The minimum absolute atomic E-state index is 0.0723. The van der Waals surface area contributed by atoms with E-state index in [0.29, 0.717) is 19.5 Å². The number of carboxylic acids is 1. The Labute approximate surface area is 758 Å². The van der Waals surface area contributed by atoms with E-state index in [0.717, 1.165) is 99.3 Å². The largest absolute Gasteiger partial charge is 0.507 e. The molecule has 8 aliphatic rings. The highest BCUT2D eigenvalue weighted by Gasteiger charge is 2.55. The van der Waals surface area contributed by atoms with Crippen LogP contribution >= 0.6 is 23.2 Å². The zero-order valence-electron chi connectivity index (χ0n) is 72.1. The van der Waals surface area contributed by atoms with Gasteiger partial charge in [-0.3, -0.25) is 34.1 Å². The summed E-state index contributed by atoms with van der Waals surface area (Å²) in [7, 11) is 1.52. The zero-order valence-corrected chi connectivity index (χ0v) is 73.6. The number of likely N-dealkylation sites (N-methyl/N-ethyl adjacent to an activating group) is 1. The molecule has 5 aromatic rings. The van der Waals surface area contributed by atoms with Gasteiger partial charge in [0.15, 0.2) is 36.2 Å². The lowest BCUT2D eigenvalue weighted by atomic mass is 9.64. The Morgan fingerprint density at radius 2 is 1.23 bits per heavy atom. The molecule has 24 atom stereocenters. The molecule has 1 aliphatic carbocycles. The van der Waals surface area contributed by atoms with Crippen molar-refractivity contribution in [3.63, 3.8) is 0 Å². The smallest absolute Gasteiger partial charge is 0.330 e. The third kappa shape index (κ3) is 23.9. The lowest BCUT2D eigenvalue weighted by Gasteiger charge is -2.53. The Kier molecular flexibility index (Phi) is 35.6. The van der Waals surface area contributed by atoms with Gasteiger partial charge in [0.2, 0.25) is 47.5 Å². The normalized spacial score (nSPS) is 28.9. The molecule has 130 heavy (non-hydrogen) atoms. The van der Waals surface area contributed by atoms with Crippen LogP contribution in [0.15, 0.2) is 72.8 Å². The fourth-order valence-electron chi connectivity index (χ4n) is 17.0. The van der Waals surface area contributed by atoms with Gasteiger partial charge < -0.3 is 168 Å². The number of amides is 6. The van der Waals surface area contributed by atoms with E-state index in [1.165, 1.54) is 38.4 Å². The van der Waals surface area contributed by atoms with E-state index in [1.807, 2.05) is 20.8 Å². The van der Waals surface area contributed by atoms with E-state index in [1.54, 1.807) is 0 Å². The molecule has 13 rings (SSSR count).